The Bertz CT molecular complexity index is 1210. The van der Waals surface area contributed by atoms with Gasteiger partial charge in [0.2, 0.25) is 0 Å². The first-order chi connectivity index (χ1) is 13.6. The van der Waals surface area contributed by atoms with Crippen molar-refractivity contribution in [1.29, 1.82) is 5.26 Å². The van der Waals surface area contributed by atoms with Crippen LogP contribution in [0.1, 0.15) is 30.5 Å². The van der Waals surface area contributed by atoms with Crippen molar-refractivity contribution in [3.63, 3.8) is 0 Å². The van der Waals surface area contributed by atoms with E-state index in [0.29, 0.717) is 5.56 Å². The minimum Gasteiger partial charge on any atom is -0.309 e. The van der Waals surface area contributed by atoms with Gasteiger partial charge in [0.05, 0.1) is 28.7 Å². The van der Waals surface area contributed by atoms with E-state index < -0.39 is 0 Å². The number of para-hydroxylation sites is 2. The van der Waals surface area contributed by atoms with Gasteiger partial charge in [-0.1, -0.05) is 74.5 Å². The Hall–Kier alpha value is -3.57. The van der Waals surface area contributed by atoms with Crippen molar-refractivity contribution in [2.75, 3.05) is 4.90 Å². The maximum atomic E-state index is 9.76. The molecule has 0 atom stereocenters. The molecule has 0 spiro atoms. The van der Waals surface area contributed by atoms with Crippen LogP contribution in [-0.4, -0.2) is 0 Å². The highest BCUT2D eigenvalue weighted by Gasteiger charge is 2.36. The van der Waals surface area contributed by atoms with Crippen LogP contribution in [0.3, 0.4) is 0 Å². The molecule has 0 radical (unpaired) electrons. The molecule has 1 aliphatic rings. The van der Waals surface area contributed by atoms with Crippen molar-refractivity contribution in [3.05, 3.63) is 102 Å². The molecule has 0 aliphatic carbocycles. The molecule has 1 heterocycles. The van der Waals surface area contributed by atoms with Gasteiger partial charge in [-0.25, -0.2) is 0 Å². The first-order valence-electron chi connectivity index (χ1n) is 9.54. The van der Waals surface area contributed by atoms with Crippen molar-refractivity contribution < 1.29 is 0 Å². The van der Waals surface area contributed by atoms with Crippen molar-refractivity contribution >= 4 is 27.8 Å². The molecule has 1 aliphatic heterocycles. The molecule has 4 aromatic rings. The molecule has 134 valence electrons. The fraction of sp³-hybridized carbons (Fsp3) is 0.115. The van der Waals surface area contributed by atoms with Gasteiger partial charge < -0.3 is 4.90 Å². The van der Waals surface area contributed by atoms with Crippen LogP contribution in [0.2, 0.25) is 0 Å². The number of hydrogen-bond acceptors (Lipinski definition) is 2. The van der Waals surface area contributed by atoms with Gasteiger partial charge in [0.25, 0.3) is 0 Å². The highest BCUT2D eigenvalue weighted by atomic mass is 15.2. The number of hydrogen-bond donors (Lipinski definition) is 0. The SMILES string of the molecule is CC1(C)c2ccccc2N(c2cccc3cccc(C#N)c23)c2ccccc21. The third kappa shape index (κ3) is 2.20. The zero-order chi connectivity index (χ0) is 19.3. The summed E-state index contributed by atoms with van der Waals surface area (Å²) in [6, 6.07) is 31.8. The third-order valence-electron chi connectivity index (χ3n) is 5.88. The summed E-state index contributed by atoms with van der Waals surface area (Å²) >= 11 is 0. The van der Waals surface area contributed by atoms with Gasteiger partial charge in [0, 0.05) is 10.8 Å². The summed E-state index contributed by atoms with van der Waals surface area (Å²) in [5.41, 5.74) is 6.59. The summed E-state index contributed by atoms with van der Waals surface area (Å²) in [5, 5.41) is 11.8. The van der Waals surface area contributed by atoms with E-state index in [4.69, 9.17) is 0 Å². The van der Waals surface area contributed by atoms with Crippen LogP contribution >= 0.6 is 0 Å². The molecule has 2 nitrogen and oxygen atoms in total. The van der Waals surface area contributed by atoms with Gasteiger partial charge in [-0.05, 0) is 40.8 Å². The van der Waals surface area contributed by atoms with Gasteiger partial charge >= 0.3 is 0 Å². The van der Waals surface area contributed by atoms with Gasteiger partial charge in [0.1, 0.15) is 0 Å². The molecule has 28 heavy (non-hydrogen) atoms. The normalized spacial score (nSPS) is 14.2. The van der Waals surface area contributed by atoms with Crippen molar-refractivity contribution in [3.8, 4) is 6.07 Å². The molecule has 0 amide bonds. The van der Waals surface area contributed by atoms with E-state index in [9.17, 15) is 5.26 Å². The van der Waals surface area contributed by atoms with Crippen molar-refractivity contribution in [2.24, 2.45) is 0 Å². The molecule has 0 N–H and O–H groups in total. The highest BCUT2D eigenvalue weighted by molar-refractivity contribution is 6.03. The van der Waals surface area contributed by atoms with Crippen LogP contribution < -0.4 is 4.90 Å². The van der Waals surface area contributed by atoms with E-state index in [2.05, 4.69) is 97.6 Å². The number of anilines is 3. The molecule has 5 rings (SSSR count). The Morgan fingerprint density at radius 1 is 0.679 bits per heavy atom. The van der Waals surface area contributed by atoms with E-state index in [1.54, 1.807) is 0 Å². The molecular formula is C26H20N2. The van der Waals surface area contributed by atoms with E-state index in [0.717, 1.165) is 16.5 Å². The van der Waals surface area contributed by atoms with E-state index in [-0.39, 0.29) is 5.41 Å². The lowest BCUT2D eigenvalue weighted by atomic mass is 9.73. The predicted molar refractivity (Wildman–Crippen MR) is 115 cm³/mol. The minimum atomic E-state index is -0.0909. The zero-order valence-electron chi connectivity index (χ0n) is 16.0. The lowest BCUT2D eigenvalue weighted by Crippen LogP contribution is -2.30. The molecular weight excluding hydrogens is 340 g/mol. The number of nitrogens with zero attached hydrogens (tertiary/aromatic N) is 2. The van der Waals surface area contributed by atoms with Gasteiger partial charge in [-0.2, -0.15) is 5.26 Å². The smallest absolute Gasteiger partial charge is 0.0998 e. The van der Waals surface area contributed by atoms with Gasteiger partial charge in [-0.3, -0.25) is 0 Å². The van der Waals surface area contributed by atoms with Crippen LogP contribution in [0, 0.1) is 11.3 Å². The lowest BCUT2D eigenvalue weighted by molar-refractivity contribution is 0.632. The van der Waals surface area contributed by atoms with Crippen molar-refractivity contribution in [2.45, 2.75) is 19.3 Å². The molecule has 0 bridgehead atoms. The van der Waals surface area contributed by atoms with Crippen LogP contribution in [0.25, 0.3) is 10.8 Å². The number of nitriles is 1. The highest BCUT2D eigenvalue weighted by Crippen LogP contribution is 2.52. The largest absolute Gasteiger partial charge is 0.309 e. The summed E-state index contributed by atoms with van der Waals surface area (Å²) in [5.74, 6) is 0. The Morgan fingerprint density at radius 2 is 1.21 bits per heavy atom. The second-order valence-corrected chi connectivity index (χ2v) is 7.79. The number of rotatable bonds is 1. The van der Waals surface area contributed by atoms with Crippen LogP contribution in [0.4, 0.5) is 17.1 Å². The first-order valence-corrected chi connectivity index (χ1v) is 9.54. The molecule has 0 unspecified atom stereocenters. The van der Waals surface area contributed by atoms with Crippen LogP contribution in [0.5, 0.6) is 0 Å². The fourth-order valence-electron chi connectivity index (χ4n) is 4.53. The Balaban J connectivity index is 1.91. The Morgan fingerprint density at radius 3 is 1.82 bits per heavy atom. The zero-order valence-corrected chi connectivity index (χ0v) is 16.0. The minimum absolute atomic E-state index is 0.0909. The standard InChI is InChI=1S/C26H20N2/c1-26(2)20-12-3-5-14-22(20)28(23-15-6-4-13-21(23)26)24-16-8-10-18-9-7-11-19(17-27)25(18)24/h3-16H,1-2H3. The molecule has 2 heteroatoms. The summed E-state index contributed by atoms with van der Waals surface area (Å²) in [6.45, 7) is 4.57. The molecule has 0 saturated heterocycles. The lowest BCUT2D eigenvalue weighted by Gasteiger charge is -2.42. The van der Waals surface area contributed by atoms with Crippen molar-refractivity contribution in [1.82, 2.24) is 0 Å². The van der Waals surface area contributed by atoms with Crippen LogP contribution in [0.15, 0.2) is 84.9 Å². The molecule has 0 fully saturated rings. The number of benzene rings is 4. The molecule has 0 aromatic heterocycles. The summed E-state index contributed by atoms with van der Waals surface area (Å²) < 4.78 is 0. The van der Waals surface area contributed by atoms with E-state index in [1.165, 1.54) is 22.5 Å². The van der Waals surface area contributed by atoms with Gasteiger partial charge in [-0.15, -0.1) is 0 Å². The monoisotopic (exact) mass is 360 g/mol. The average Bonchev–Trinajstić information content (AvgIpc) is 2.74. The second-order valence-electron chi connectivity index (χ2n) is 7.79. The maximum absolute atomic E-state index is 9.76. The predicted octanol–water partition coefficient (Wildman–Crippen LogP) is 6.82. The second kappa shape index (κ2) is 5.97. The Kier molecular flexibility index (Phi) is 3.54. The maximum Gasteiger partial charge on any atom is 0.0998 e. The average molecular weight is 360 g/mol. The summed E-state index contributed by atoms with van der Waals surface area (Å²) in [6.07, 6.45) is 0. The topological polar surface area (TPSA) is 27.0 Å². The van der Waals surface area contributed by atoms with E-state index in [1.807, 2.05) is 12.1 Å². The Labute approximate surface area is 165 Å². The summed E-state index contributed by atoms with van der Waals surface area (Å²) in [7, 11) is 0. The fourth-order valence-corrected chi connectivity index (χ4v) is 4.53. The molecule has 4 aromatic carbocycles. The quantitative estimate of drug-likeness (QED) is 0.372. The third-order valence-corrected chi connectivity index (χ3v) is 5.88. The summed E-state index contributed by atoms with van der Waals surface area (Å²) in [4.78, 5) is 2.32. The first kappa shape index (κ1) is 16.6. The number of fused-ring (bicyclic) bond motifs is 3. The van der Waals surface area contributed by atoms with Crippen LogP contribution in [-0.2, 0) is 5.41 Å². The van der Waals surface area contributed by atoms with E-state index >= 15 is 0 Å². The molecule has 0 saturated carbocycles. The van der Waals surface area contributed by atoms with Gasteiger partial charge in [0.15, 0.2) is 0 Å².